The summed E-state index contributed by atoms with van der Waals surface area (Å²) in [6.45, 7) is 1.35. The molecule has 0 aliphatic carbocycles. The quantitative estimate of drug-likeness (QED) is 0.710. The van der Waals surface area contributed by atoms with Crippen molar-refractivity contribution in [3.63, 3.8) is 0 Å². The van der Waals surface area contributed by atoms with E-state index in [1.54, 1.807) is 24.3 Å². The van der Waals surface area contributed by atoms with Gasteiger partial charge in [0.1, 0.15) is 12.1 Å². The molecule has 3 aromatic rings. The van der Waals surface area contributed by atoms with Crippen molar-refractivity contribution in [1.29, 1.82) is 0 Å². The van der Waals surface area contributed by atoms with Gasteiger partial charge in [-0.2, -0.15) is 4.98 Å². The van der Waals surface area contributed by atoms with Crippen molar-refractivity contribution in [2.24, 2.45) is 0 Å². The molecular formula is C21H20ClFN4O2. The minimum atomic E-state index is -1.02. The summed E-state index contributed by atoms with van der Waals surface area (Å²) in [4.78, 5) is 22.7. The highest BCUT2D eigenvalue weighted by molar-refractivity contribution is 6.30. The summed E-state index contributed by atoms with van der Waals surface area (Å²) < 4.78 is 14.6. The molecule has 2 heterocycles. The van der Waals surface area contributed by atoms with E-state index in [2.05, 4.69) is 9.97 Å². The van der Waals surface area contributed by atoms with Gasteiger partial charge in [0.15, 0.2) is 0 Å². The molecule has 0 spiro atoms. The van der Waals surface area contributed by atoms with E-state index in [4.69, 9.17) is 11.6 Å². The minimum absolute atomic E-state index is 0.331. The fraction of sp³-hybridized carbons (Fsp3) is 0.286. The van der Waals surface area contributed by atoms with E-state index in [1.807, 2.05) is 17.0 Å². The molecule has 0 radical (unpaired) electrons. The predicted octanol–water partition coefficient (Wildman–Crippen LogP) is 2.97. The van der Waals surface area contributed by atoms with E-state index in [0.29, 0.717) is 49.0 Å². The molecule has 0 saturated carbocycles. The molecule has 1 aliphatic heterocycles. The van der Waals surface area contributed by atoms with Gasteiger partial charge in [-0.1, -0.05) is 35.9 Å². The van der Waals surface area contributed by atoms with Crippen LogP contribution in [0.25, 0.3) is 0 Å². The number of piperidine rings is 1. The summed E-state index contributed by atoms with van der Waals surface area (Å²) in [7, 11) is 0. The predicted molar refractivity (Wildman–Crippen MR) is 109 cm³/mol. The highest BCUT2D eigenvalue weighted by Crippen LogP contribution is 2.33. The van der Waals surface area contributed by atoms with Gasteiger partial charge >= 0.3 is 5.69 Å². The largest absolute Gasteiger partial charge is 0.385 e. The average Bonchev–Trinajstić information content (AvgIpc) is 2.72. The van der Waals surface area contributed by atoms with Gasteiger partial charge in [0.05, 0.1) is 12.1 Å². The first-order valence-corrected chi connectivity index (χ1v) is 9.72. The first-order valence-electron chi connectivity index (χ1n) is 9.34. The van der Waals surface area contributed by atoms with Crippen LogP contribution in [-0.4, -0.2) is 32.7 Å². The van der Waals surface area contributed by atoms with Crippen LogP contribution in [0.15, 0.2) is 59.7 Å². The van der Waals surface area contributed by atoms with Crippen molar-refractivity contribution in [2.75, 3.05) is 18.0 Å². The Kier molecular flexibility index (Phi) is 5.34. The Hall–Kier alpha value is -2.77. The van der Waals surface area contributed by atoms with Crippen molar-refractivity contribution in [3.8, 4) is 0 Å². The van der Waals surface area contributed by atoms with Crippen LogP contribution < -0.4 is 10.6 Å². The third-order valence-electron chi connectivity index (χ3n) is 5.28. The molecule has 4 rings (SSSR count). The molecule has 29 heavy (non-hydrogen) atoms. The molecule has 0 unspecified atom stereocenters. The van der Waals surface area contributed by atoms with E-state index in [1.165, 1.54) is 23.0 Å². The second kappa shape index (κ2) is 7.93. The lowest BCUT2D eigenvalue weighted by atomic mass is 9.84. The summed E-state index contributed by atoms with van der Waals surface area (Å²) >= 11 is 5.89. The zero-order valence-corrected chi connectivity index (χ0v) is 16.4. The Balaban J connectivity index is 1.44. The first kappa shape index (κ1) is 19.5. The van der Waals surface area contributed by atoms with Gasteiger partial charge in [-0.05, 0) is 48.2 Å². The summed E-state index contributed by atoms with van der Waals surface area (Å²) in [5.74, 6) is 0.0193. The van der Waals surface area contributed by atoms with Crippen molar-refractivity contribution in [2.45, 2.75) is 25.0 Å². The number of benzene rings is 2. The van der Waals surface area contributed by atoms with Crippen LogP contribution in [0.4, 0.5) is 10.3 Å². The Morgan fingerprint density at radius 2 is 1.72 bits per heavy atom. The van der Waals surface area contributed by atoms with E-state index in [-0.39, 0.29) is 11.5 Å². The van der Waals surface area contributed by atoms with Crippen molar-refractivity contribution >= 4 is 17.5 Å². The van der Waals surface area contributed by atoms with Gasteiger partial charge < -0.3 is 10.0 Å². The molecule has 2 aromatic carbocycles. The molecule has 150 valence electrons. The molecule has 1 aromatic heterocycles. The minimum Gasteiger partial charge on any atom is -0.385 e. The van der Waals surface area contributed by atoms with Crippen LogP contribution in [0.3, 0.4) is 0 Å². The molecule has 0 bridgehead atoms. The van der Waals surface area contributed by atoms with Crippen LogP contribution in [0.5, 0.6) is 0 Å². The lowest BCUT2D eigenvalue weighted by Crippen LogP contribution is -2.44. The maximum absolute atomic E-state index is 13.1. The number of aromatic nitrogens is 3. The molecule has 1 N–H and O–H groups in total. The Morgan fingerprint density at radius 1 is 1.07 bits per heavy atom. The number of nitrogens with zero attached hydrogens (tertiary/aromatic N) is 4. The van der Waals surface area contributed by atoms with Crippen molar-refractivity contribution in [1.82, 2.24) is 14.5 Å². The van der Waals surface area contributed by atoms with Crippen molar-refractivity contribution in [3.05, 3.63) is 87.3 Å². The van der Waals surface area contributed by atoms with E-state index >= 15 is 0 Å². The summed E-state index contributed by atoms with van der Waals surface area (Å²) in [6, 6.07) is 13.2. The van der Waals surface area contributed by atoms with E-state index in [0.717, 1.165) is 5.56 Å². The second-order valence-corrected chi connectivity index (χ2v) is 7.66. The number of hydrogen-bond donors (Lipinski definition) is 1. The highest BCUT2D eigenvalue weighted by Gasteiger charge is 2.34. The lowest BCUT2D eigenvalue weighted by Gasteiger charge is -2.38. The third kappa shape index (κ3) is 4.31. The Bertz CT molecular complexity index is 1050. The number of rotatable bonds is 4. The lowest BCUT2D eigenvalue weighted by molar-refractivity contribution is 0.0114. The molecule has 6 nitrogen and oxygen atoms in total. The monoisotopic (exact) mass is 414 g/mol. The molecule has 0 amide bonds. The maximum atomic E-state index is 13.1. The normalized spacial score (nSPS) is 16.0. The molecule has 1 fully saturated rings. The smallest absolute Gasteiger partial charge is 0.352 e. The van der Waals surface area contributed by atoms with Crippen LogP contribution in [0.1, 0.15) is 24.0 Å². The van der Waals surface area contributed by atoms with Crippen LogP contribution in [0.2, 0.25) is 5.02 Å². The fourth-order valence-electron chi connectivity index (χ4n) is 3.52. The second-order valence-electron chi connectivity index (χ2n) is 7.22. The van der Waals surface area contributed by atoms with E-state index < -0.39 is 5.60 Å². The van der Waals surface area contributed by atoms with Gasteiger partial charge in [-0.15, -0.1) is 0 Å². The zero-order valence-electron chi connectivity index (χ0n) is 15.6. The van der Waals surface area contributed by atoms with Gasteiger partial charge in [-0.3, -0.25) is 4.57 Å². The van der Waals surface area contributed by atoms with Crippen LogP contribution >= 0.6 is 11.6 Å². The zero-order chi connectivity index (χ0) is 20.4. The van der Waals surface area contributed by atoms with Gasteiger partial charge in [0.2, 0.25) is 5.95 Å². The maximum Gasteiger partial charge on any atom is 0.352 e. The number of anilines is 1. The number of hydrogen-bond acceptors (Lipinski definition) is 5. The summed E-state index contributed by atoms with van der Waals surface area (Å²) in [5, 5.41) is 11.6. The Morgan fingerprint density at radius 3 is 2.34 bits per heavy atom. The third-order valence-corrected chi connectivity index (χ3v) is 5.53. The van der Waals surface area contributed by atoms with Crippen LogP contribution in [-0.2, 0) is 12.1 Å². The van der Waals surface area contributed by atoms with Gasteiger partial charge in [0.25, 0.3) is 0 Å². The molecule has 8 heteroatoms. The van der Waals surface area contributed by atoms with Crippen molar-refractivity contribution < 1.29 is 9.50 Å². The molecular weight excluding hydrogens is 395 g/mol. The first-order chi connectivity index (χ1) is 13.9. The summed E-state index contributed by atoms with van der Waals surface area (Å²) in [6.07, 6.45) is 2.37. The fourth-order valence-corrected chi connectivity index (χ4v) is 3.65. The summed E-state index contributed by atoms with van der Waals surface area (Å²) in [5.41, 5.74) is 0.214. The highest BCUT2D eigenvalue weighted by atomic mass is 35.5. The Labute approximate surface area is 172 Å². The van der Waals surface area contributed by atoms with Gasteiger partial charge in [0, 0.05) is 18.1 Å². The average molecular weight is 415 g/mol. The molecule has 0 atom stereocenters. The number of halogens is 2. The molecule has 1 aliphatic rings. The van der Waals surface area contributed by atoms with Crippen LogP contribution in [0, 0.1) is 5.82 Å². The van der Waals surface area contributed by atoms with Gasteiger partial charge in [-0.25, -0.2) is 14.2 Å². The number of aliphatic hydroxyl groups is 1. The standard InChI is InChI=1S/C21H20ClFN4O2/c22-17-5-1-15(2-6-17)13-27-14-24-19(25-20(27)28)26-11-9-21(29,10-12-26)16-3-7-18(23)8-4-16/h1-8,14,29H,9-13H2. The van der Waals surface area contributed by atoms with E-state index in [9.17, 15) is 14.3 Å². The molecule has 1 saturated heterocycles. The SMILES string of the molecule is O=c1nc(N2CCC(O)(c3ccc(F)cc3)CC2)ncn1Cc1ccc(Cl)cc1. The topological polar surface area (TPSA) is 71.2 Å².